The van der Waals surface area contributed by atoms with Crippen LogP contribution in [0.4, 0.5) is 0 Å². The Morgan fingerprint density at radius 2 is 2.29 bits per heavy atom. The molecule has 1 aromatic rings. The highest BCUT2D eigenvalue weighted by molar-refractivity contribution is 5.91. The monoisotopic (exact) mass is 333 g/mol. The van der Waals surface area contributed by atoms with E-state index in [1.54, 1.807) is 13.2 Å². The van der Waals surface area contributed by atoms with E-state index in [4.69, 9.17) is 9.26 Å². The SMILES string of the molecule is COC[C@@H]1CN(CC2CC2)C[C@@]12CCN(C(=O)c1cc(C)no1)C2. The van der Waals surface area contributed by atoms with Crippen LogP contribution < -0.4 is 0 Å². The van der Waals surface area contributed by atoms with Gasteiger partial charge < -0.3 is 19.1 Å². The minimum atomic E-state index is -0.0238. The molecule has 1 spiro atoms. The molecule has 1 saturated carbocycles. The van der Waals surface area contributed by atoms with Gasteiger partial charge in [0.25, 0.3) is 5.91 Å². The number of carbonyl (C=O) groups is 1. The smallest absolute Gasteiger partial charge is 0.292 e. The van der Waals surface area contributed by atoms with Gasteiger partial charge in [-0.1, -0.05) is 5.16 Å². The molecule has 1 aromatic heterocycles. The third-order valence-corrected chi connectivity index (χ3v) is 5.98. The quantitative estimate of drug-likeness (QED) is 0.822. The van der Waals surface area contributed by atoms with Crippen LogP contribution in [0.2, 0.25) is 0 Å². The number of likely N-dealkylation sites (tertiary alicyclic amines) is 2. The third kappa shape index (κ3) is 2.97. The average molecular weight is 333 g/mol. The van der Waals surface area contributed by atoms with Crippen LogP contribution in [0.3, 0.4) is 0 Å². The van der Waals surface area contributed by atoms with E-state index < -0.39 is 0 Å². The molecule has 0 bridgehead atoms. The number of nitrogens with zero attached hydrogens (tertiary/aromatic N) is 3. The third-order valence-electron chi connectivity index (χ3n) is 5.98. The summed E-state index contributed by atoms with van der Waals surface area (Å²) in [5.74, 6) is 1.75. The molecular formula is C18H27N3O3. The lowest BCUT2D eigenvalue weighted by molar-refractivity contribution is 0.0680. The van der Waals surface area contributed by atoms with Crippen molar-refractivity contribution in [3.63, 3.8) is 0 Å². The maximum Gasteiger partial charge on any atom is 0.292 e. The van der Waals surface area contributed by atoms with Gasteiger partial charge in [-0.15, -0.1) is 0 Å². The zero-order valence-electron chi connectivity index (χ0n) is 14.7. The van der Waals surface area contributed by atoms with Crippen LogP contribution in [0.5, 0.6) is 0 Å². The predicted molar refractivity (Wildman–Crippen MR) is 88.7 cm³/mol. The molecule has 2 saturated heterocycles. The summed E-state index contributed by atoms with van der Waals surface area (Å²) in [4.78, 5) is 17.2. The molecule has 1 aliphatic carbocycles. The number of rotatable bonds is 5. The lowest BCUT2D eigenvalue weighted by Crippen LogP contribution is -2.38. The van der Waals surface area contributed by atoms with Crippen molar-refractivity contribution < 1.29 is 14.1 Å². The van der Waals surface area contributed by atoms with Crippen molar-refractivity contribution in [3.05, 3.63) is 17.5 Å². The summed E-state index contributed by atoms with van der Waals surface area (Å²) in [6, 6.07) is 1.73. The first-order valence-electron chi connectivity index (χ1n) is 9.03. The van der Waals surface area contributed by atoms with E-state index in [0.29, 0.717) is 11.7 Å². The molecule has 2 atom stereocenters. The van der Waals surface area contributed by atoms with Crippen molar-refractivity contribution in [2.45, 2.75) is 26.2 Å². The van der Waals surface area contributed by atoms with E-state index in [0.717, 1.165) is 50.8 Å². The highest BCUT2D eigenvalue weighted by Crippen LogP contribution is 2.45. The van der Waals surface area contributed by atoms with Gasteiger partial charge in [-0.2, -0.15) is 0 Å². The summed E-state index contributed by atoms with van der Waals surface area (Å²) in [7, 11) is 1.78. The minimum Gasteiger partial charge on any atom is -0.384 e. The second-order valence-electron chi connectivity index (χ2n) is 7.96. The molecule has 1 amide bonds. The van der Waals surface area contributed by atoms with Gasteiger partial charge in [0, 0.05) is 57.2 Å². The molecule has 0 aromatic carbocycles. The van der Waals surface area contributed by atoms with Gasteiger partial charge in [0.1, 0.15) is 0 Å². The molecule has 3 aliphatic rings. The largest absolute Gasteiger partial charge is 0.384 e. The normalized spacial score (nSPS) is 30.6. The van der Waals surface area contributed by atoms with E-state index in [1.165, 1.54) is 19.4 Å². The van der Waals surface area contributed by atoms with Crippen molar-refractivity contribution in [1.82, 2.24) is 15.0 Å². The fourth-order valence-electron chi connectivity index (χ4n) is 4.53. The number of carbonyl (C=O) groups excluding carboxylic acids is 1. The second kappa shape index (κ2) is 6.15. The average Bonchev–Trinajstić information content (AvgIpc) is 2.96. The number of aryl methyl sites for hydroxylation is 1. The molecule has 132 valence electrons. The molecule has 0 N–H and O–H groups in total. The Balaban J connectivity index is 1.46. The standard InChI is InChI=1S/C18H27N3O3/c1-13-7-16(24-19-13)17(22)21-6-5-18(12-21)11-20(8-14-3-4-14)9-15(18)10-23-2/h7,14-15H,3-6,8-12H2,1-2H3/t15-,18+/m0/s1. The van der Waals surface area contributed by atoms with Crippen molar-refractivity contribution >= 4 is 5.91 Å². The molecule has 2 aliphatic heterocycles. The molecule has 4 rings (SSSR count). The van der Waals surface area contributed by atoms with Crippen LogP contribution in [-0.4, -0.2) is 67.3 Å². The van der Waals surface area contributed by atoms with Gasteiger partial charge in [-0.05, 0) is 32.1 Å². The lowest BCUT2D eigenvalue weighted by atomic mass is 9.77. The van der Waals surface area contributed by atoms with Gasteiger partial charge in [0.05, 0.1) is 12.3 Å². The van der Waals surface area contributed by atoms with Gasteiger partial charge >= 0.3 is 0 Å². The second-order valence-corrected chi connectivity index (χ2v) is 7.96. The lowest BCUT2D eigenvalue weighted by Gasteiger charge is -2.30. The maximum atomic E-state index is 12.7. The Bertz CT molecular complexity index is 612. The maximum absolute atomic E-state index is 12.7. The van der Waals surface area contributed by atoms with Crippen molar-refractivity contribution in [1.29, 1.82) is 0 Å². The number of methoxy groups -OCH3 is 1. The van der Waals surface area contributed by atoms with E-state index in [-0.39, 0.29) is 11.3 Å². The Morgan fingerprint density at radius 1 is 1.46 bits per heavy atom. The van der Waals surface area contributed by atoms with Gasteiger partial charge in [-0.3, -0.25) is 4.79 Å². The van der Waals surface area contributed by atoms with E-state index in [2.05, 4.69) is 10.1 Å². The van der Waals surface area contributed by atoms with Crippen LogP contribution in [0.25, 0.3) is 0 Å². The molecule has 6 nitrogen and oxygen atoms in total. The van der Waals surface area contributed by atoms with Gasteiger partial charge in [0.2, 0.25) is 5.76 Å². The number of amides is 1. The van der Waals surface area contributed by atoms with Crippen LogP contribution in [0.1, 0.15) is 35.5 Å². The summed E-state index contributed by atoms with van der Waals surface area (Å²) in [5.41, 5.74) is 0.927. The molecule has 0 radical (unpaired) electrons. The number of hydrogen-bond donors (Lipinski definition) is 0. The van der Waals surface area contributed by atoms with E-state index in [1.807, 2.05) is 11.8 Å². The zero-order valence-corrected chi connectivity index (χ0v) is 14.7. The highest BCUT2D eigenvalue weighted by Gasteiger charge is 2.51. The summed E-state index contributed by atoms with van der Waals surface area (Å²) in [5, 5.41) is 3.84. The summed E-state index contributed by atoms with van der Waals surface area (Å²) in [6.45, 7) is 7.65. The van der Waals surface area contributed by atoms with Crippen molar-refractivity contribution in [3.8, 4) is 0 Å². The summed E-state index contributed by atoms with van der Waals surface area (Å²) in [6.07, 6.45) is 3.82. The van der Waals surface area contributed by atoms with Crippen molar-refractivity contribution in [2.24, 2.45) is 17.3 Å². The molecule has 3 heterocycles. The number of ether oxygens (including phenoxy) is 1. The Hall–Kier alpha value is -1.40. The van der Waals surface area contributed by atoms with E-state index >= 15 is 0 Å². The first-order valence-corrected chi connectivity index (χ1v) is 9.03. The number of hydrogen-bond acceptors (Lipinski definition) is 5. The van der Waals surface area contributed by atoms with Crippen LogP contribution in [0, 0.1) is 24.2 Å². The topological polar surface area (TPSA) is 58.8 Å². The molecular weight excluding hydrogens is 306 g/mol. The fraction of sp³-hybridized carbons (Fsp3) is 0.778. The van der Waals surface area contributed by atoms with Gasteiger partial charge in [0.15, 0.2) is 0 Å². The molecule has 24 heavy (non-hydrogen) atoms. The highest BCUT2D eigenvalue weighted by atomic mass is 16.5. The molecule has 3 fully saturated rings. The Kier molecular flexibility index (Phi) is 4.12. The Morgan fingerprint density at radius 3 is 2.96 bits per heavy atom. The zero-order chi connectivity index (χ0) is 16.7. The first kappa shape index (κ1) is 16.1. The predicted octanol–water partition coefficient (Wildman–Crippen LogP) is 1.80. The number of aromatic nitrogens is 1. The summed E-state index contributed by atoms with van der Waals surface area (Å²) >= 11 is 0. The minimum absolute atomic E-state index is 0.0238. The molecule has 6 heteroatoms. The molecule has 0 unspecified atom stereocenters. The first-order chi connectivity index (χ1) is 11.6. The van der Waals surface area contributed by atoms with Crippen LogP contribution in [-0.2, 0) is 4.74 Å². The summed E-state index contributed by atoms with van der Waals surface area (Å²) < 4.78 is 10.7. The Labute approximate surface area is 143 Å². The van der Waals surface area contributed by atoms with Crippen LogP contribution in [0.15, 0.2) is 10.6 Å². The van der Waals surface area contributed by atoms with E-state index in [9.17, 15) is 4.79 Å². The van der Waals surface area contributed by atoms with Gasteiger partial charge in [-0.25, -0.2) is 0 Å². The fourth-order valence-corrected chi connectivity index (χ4v) is 4.53. The van der Waals surface area contributed by atoms with Crippen molar-refractivity contribution in [2.75, 3.05) is 46.4 Å². The van der Waals surface area contributed by atoms with Crippen LogP contribution >= 0.6 is 0 Å².